The Kier molecular flexibility index (Phi) is 6.21. The largest absolute Gasteiger partial charge is 0.484 e. The van der Waals surface area contributed by atoms with Crippen molar-refractivity contribution in [3.05, 3.63) is 70.9 Å². The normalized spacial score (nSPS) is 13.5. The predicted molar refractivity (Wildman–Crippen MR) is 124 cm³/mol. The van der Waals surface area contributed by atoms with Crippen molar-refractivity contribution in [1.82, 2.24) is 0 Å². The molecule has 0 unspecified atom stereocenters. The van der Waals surface area contributed by atoms with Crippen molar-refractivity contribution in [1.29, 1.82) is 0 Å². The number of sulfonamides is 1. The minimum atomic E-state index is -3.61. The van der Waals surface area contributed by atoms with Crippen LogP contribution in [0.5, 0.6) is 5.75 Å². The molecule has 0 bridgehead atoms. The zero-order valence-corrected chi connectivity index (χ0v) is 19.4. The lowest BCUT2D eigenvalue weighted by molar-refractivity contribution is -0.120. The van der Waals surface area contributed by atoms with E-state index in [9.17, 15) is 17.6 Å². The van der Waals surface area contributed by atoms with Crippen molar-refractivity contribution >= 4 is 38.6 Å². The van der Waals surface area contributed by atoms with E-state index in [2.05, 4.69) is 0 Å². The van der Waals surface area contributed by atoms with Gasteiger partial charge in [-0.05, 0) is 78.7 Å². The minimum absolute atomic E-state index is 0.168. The SMILES string of the molecule is Cc1cc(F)cc2c1N(C(=O)COc1ccc(N(C)S(=O)(=O)c3cccs3)cc1)CCC2. The second kappa shape index (κ2) is 8.91. The number of thiophene rings is 1. The summed E-state index contributed by atoms with van der Waals surface area (Å²) >= 11 is 1.16. The van der Waals surface area contributed by atoms with Crippen LogP contribution in [0.2, 0.25) is 0 Å². The zero-order valence-electron chi connectivity index (χ0n) is 17.7. The van der Waals surface area contributed by atoms with Gasteiger partial charge in [0, 0.05) is 13.6 Å². The summed E-state index contributed by atoms with van der Waals surface area (Å²) in [6.45, 7) is 2.19. The van der Waals surface area contributed by atoms with Gasteiger partial charge in [0.15, 0.2) is 6.61 Å². The molecule has 0 saturated carbocycles. The van der Waals surface area contributed by atoms with E-state index in [0.717, 1.165) is 41.0 Å². The number of fused-ring (bicyclic) bond motifs is 1. The maximum absolute atomic E-state index is 13.7. The summed E-state index contributed by atoms with van der Waals surface area (Å²) in [7, 11) is -2.12. The van der Waals surface area contributed by atoms with Gasteiger partial charge in [-0.2, -0.15) is 0 Å². The van der Waals surface area contributed by atoms with Crippen LogP contribution in [0.25, 0.3) is 0 Å². The molecule has 32 heavy (non-hydrogen) atoms. The Morgan fingerprint density at radius 2 is 1.97 bits per heavy atom. The first-order valence-corrected chi connectivity index (χ1v) is 12.4. The summed E-state index contributed by atoms with van der Waals surface area (Å²) in [4.78, 5) is 14.5. The van der Waals surface area contributed by atoms with Gasteiger partial charge in [-0.25, -0.2) is 12.8 Å². The molecule has 0 radical (unpaired) electrons. The van der Waals surface area contributed by atoms with Crippen LogP contribution in [0.15, 0.2) is 58.1 Å². The van der Waals surface area contributed by atoms with Crippen LogP contribution in [-0.2, 0) is 21.2 Å². The molecule has 1 aliphatic heterocycles. The summed E-state index contributed by atoms with van der Waals surface area (Å²) in [5, 5.41) is 1.72. The molecule has 6 nitrogen and oxygen atoms in total. The average Bonchev–Trinajstić information content (AvgIpc) is 3.32. The van der Waals surface area contributed by atoms with Crippen molar-refractivity contribution < 1.29 is 22.3 Å². The molecule has 1 amide bonds. The van der Waals surface area contributed by atoms with Crippen molar-refractivity contribution in [2.75, 3.05) is 29.4 Å². The Balaban J connectivity index is 1.43. The highest BCUT2D eigenvalue weighted by molar-refractivity contribution is 7.94. The lowest BCUT2D eigenvalue weighted by Crippen LogP contribution is -2.39. The quantitative estimate of drug-likeness (QED) is 0.532. The van der Waals surface area contributed by atoms with Gasteiger partial charge in [-0.15, -0.1) is 11.3 Å². The third-order valence-corrected chi connectivity index (χ3v) is 8.57. The number of carbonyl (C=O) groups is 1. The molecule has 0 spiro atoms. The summed E-state index contributed by atoms with van der Waals surface area (Å²) in [6, 6.07) is 12.7. The van der Waals surface area contributed by atoms with Gasteiger partial charge < -0.3 is 9.64 Å². The molecular formula is C23H23FN2O4S2. The number of carbonyl (C=O) groups excluding carboxylic acids is 1. The number of amides is 1. The van der Waals surface area contributed by atoms with E-state index in [-0.39, 0.29) is 22.5 Å². The predicted octanol–water partition coefficient (Wildman–Crippen LogP) is 4.38. The van der Waals surface area contributed by atoms with Gasteiger partial charge in [-0.3, -0.25) is 9.10 Å². The third-order valence-electron chi connectivity index (χ3n) is 5.42. The van der Waals surface area contributed by atoms with Crippen LogP contribution in [0.1, 0.15) is 17.5 Å². The standard InChI is InChI=1S/C23H23FN2O4S2/c1-16-13-18(24)14-17-5-3-11-26(23(16)17)21(27)15-30-20-9-7-19(8-10-20)25(2)32(28,29)22-6-4-12-31-22/h4,6-10,12-14H,3,5,11,15H2,1-2H3. The van der Waals surface area contributed by atoms with Gasteiger partial charge in [-0.1, -0.05) is 6.07 Å². The molecule has 0 saturated heterocycles. The molecule has 0 atom stereocenters. The fraction of sp³-hybridized carbons (Fsp3) is 0.261. The van der Waals surface area contributed by atoms with E-state index in [1.54, 1.807) is 53.6 Å². The molecule has 168 valence electrons. The molecule has 1 aliphatic rings. The minimum Gasteiger partial charge on any atom is -0.484 e. The van der Waals surface area contributed by atoms with Crippen molar-refractivity contribution in [2.24, 2.45) is 0 Å². The van der Waals surface area contributed by atoms with Gasteiger partial charge in [0.1, 0.15) is 15.8 Å². The summed E-state index contributed by atoms with van der Waals surface area (Å²) in [6.07, 6.45) is 1.50. The first kappa shape index (κ1) is 22.3. The number of nitrogens with zero attached hydrogens (tertiary/aromatic N) is 2. The van der Waals surface area contributed by atoms with Gasteiger partial charge in [0.2, 0.25) is 0 Å². The Hall–Kier alpha value is -2.91. The molecule has 0 N–H and O–H groups in total. The monoisotopic (exact) mass is 474 g/mol. The number of rotatable bonds is 6. The summed E-state index contributed by atoms with van der Waals surface area (Å²) < 4.78 is 46.2. The number of halogens is 1. The number of hydrogen-bond donors (Lipinski definition) is 0. The molecule has 9 heteroatoms. The van der Waals surface area contributed by atoms with E-state index in [1.165, 1.54) is 23.5 Å². The molecule has 2 heterocycles. The Bertz CT molecular complexity index is 1230. The van der Waals surface area contributed by atoms with Crippen LogP contribution < -0.4 is 13.9 Å². The number of anilines is 2. The Morgan fingerprint density at radius 3 is 2.66 bits per heavy atom. The van der Waals surface area contributed by atoms with Crippen LogP contribution in [0, 0.1) is 12.7 Å². The first-order chi connectivity index (χ1) is 15.3. The van der Waals surface area contributed by atoms with Crippen molar-refractivity contribution in [3.8, 4) is 5.75 Å². The van der Waals surface area contributed by atoms with E-state index in [1.807, 2.05) is 0 Å². The molecule has 4 rings (SSSR count). The van der Waals surface area contributed by atoms with Crippen LogP contribution in [0.3, 0.4) is 0 Å². The highest BCUT2D eigenvalue weighted by Crippen LogP contribution is 2.32. The van der Waals surface area contributed by atoms with E-state index >= 15 is 0 Å². The number of benzene rings is 2. The highest BCUT2D eigenvalue weighted by atomic mass is 32.2. The van der Waals surface area contributed by atoms with Crippen LogP contribution >= 0.6 is 11.3 Å². The Morgan fingerprint density at radius 1 is 1.22 bits per heavy atom. The van der Waals surface area contributed by atoms with E-state index in [0.29, 0.717) is 18.0 Å². The number of aryl methyl sites for hydroxylation is 2. The van der Waals surface area contributed by atoms with E-state index < -0.39 is 10.0 Å². The third kappa shape index (κ3) is 4.35. The first-order valence-electron chi connectivity index (χ1n) is 10.1. The van der Waals surface area contributed by atoms with Crippen molar-refractivity contribution in [3.63, 3.8) is 0 Å². The van der Waals surface area contributed by atoms with Gasteiger partial charge in [0.05, 0.1) is 11.4 Å². The second-order valence-electron chi connectivity index (χ2n) is 7.57. The molecule has 2 aromatic carbocycles. The molecule has 3 aromatic rings. The second-order valence-corrected chi connectivity index (χ2v) is 10.7. The van der Waals surface area contributed by atoms with Crippen LogP contribution in [0.4, 0.5) is 15.8 Å². The zero-order chi connectivity index (χ0) is 22.9. The van der Waals surface area contributed by atoms with Crippen molar-refractivity contribution in [2.45, 2.75) is 24.0 Å². The highest BCUT2D eigenvalue weighted by Gasteiger charge is 2.26. The molecular weight excluding hydrogens is 451 g/mol. The fourth-order valence-electron chi connectivity index (χ4n) is 3.83. The Labute approximate surface area is 190 Å². The lowest BCUT2D eigenvalue weighted by atomic mass is 9.98. The number of hydrogen-bond acceptors (Lipinski definition) is 5. The lowest BCUT2D eigenvalue weighted by Gasteiger charge is -2.31. The molecule has 0 aliphatic carbocycles. The molecule has 1 aromatic heterocycles. The van der Waals surface area contributed by atoms with Crippen LogP contribution in [-0.4, -0.2) is 34.5 Å². The number of ether oxygens (including phenoxy) is 1. The maximum Gasteiger partial charge on any atom is 0.273 e. The van der Waals surface area contributed by atoms with E-state index in [4.69, 9.17) is 4.74 Å². The topological polar surface area (TPSA) is 66.9 Å². The molecule has 0 fully saturated rings. The summed E-state index contributed by atoms with van der Waals surface area (Å²) in [5.74, 6) is -0.0443. The summed E-state index contributed by atoms with van der Waals surface area (Å²) in [5.41, 5.74) is 2.82. The smallest absolute Gasteiger partial charge is 0.273 e. The maximum atomic E-state index is 13.7. The van der Waals surface area contributed by atoms with Gasteiger partial charge >= 0.3 is 0 Å². The fourth-order valence-corrected chi connectivity index (χ4v) is 6.19. The average molecular weight is 475 g/mol. The van der Waals surface area contributed by atoms with Gasteiger partial charge in [0.25, 0.3) is 15.9 Å².